The fourth-order valence-electron chi connectivity index (χ4n) is 2.72. The number of hydrogen-bond acceptors (Lipinski definition) is 3. The van der Waals surface area contributed by atoms with Gasteiger partial charge in [-0.3, -0.25) is 4.79 Å². The van der Waals surface area contributed by atoms with Crippen molar-refractivity contribution >= 4 is 11.9 Å². The van der Waals surface area contributed by atoms with Crippen molar-refractivity contribution in [3.05, 3.63) is 23.7 Å². The van der Waals surface area contributed by atoms with Gasteiger partial charge in [0, 0.05) is 39.3 Å². The number of aliphatic imine (C=N–C) groups is 1. The number of furan rings is 1. The van der Waals surface area contributed by atoms with E-state index >= 15 is 0 Å². The molecule has 0 spiro atoms. The van der Waals surface area contributed by atoms with Crippen molar-refractivity contribution in [3.63, 3.8) is 0 Å². The average Bonchev–Trinajstić information content (AvgIpc) is 3.15. The Kier molecular flexibility index (Phi) is 6.07. The Bertz CT molecular complexity index is 545. The number of nitrogens with zero attached hydrogens (tertiary/aromatic N) is 3. The highest BCUT2D eigenvalue weighted by molar-refractivity contribution is 5.84. The van der Waals surface area contributed by atoms with E-state index in [1.807, 2.05) is 20.0 Å². The number of nitrogens with one attached hydrogen (secondary N) is 1. The van der Waals surface area contributed by atoms with Crippen LogP contribution >= 0.6 is 0 Å². The summed E-state index contributed by atoms with van der Waals surface area (Å²) in [5.41, 5.74) is 1.13. The molecule has 6 nitrogen and oxygen atoms in total. The molecule has 0 bridgehead atoms. The minimum absolute atomic E-state index is 0.00335. The molecule has 1 aromatic heterocycles. The van der Waals surface area contributed by atoms with Gasteiger partial charge in [0.15, 0.2) is 5.96 Å². The molecule has 1 fully saturated rings. The van der Waals surface area contributed by atoms with Crippen LogP contribution in [-0.2, 0) is 11.3 Å². The van der Waals surface area contributed by atoms with Gasteiger partial charge in [0.1, 0.15) is 12.3 Å². The SMILES string of the molecule is Cc1occc1CN(C)C(=NCC(=O)N(C)C)NC1CCCC1. The van der Waals surface area contributed by atoms with Crippen molar-refractivity contribution in [3.8, 4) is 0 Å². The van der Waals surface area contributed by atoms with Crippen molar-refractivity contribution in [1.82, 2.24) is 15.1 Å². The number of likely N-dealkylation sites (N-methyl/N-ethyl adjacent to an activating group) is 1. The van der Waals surface area contributed by atoms with Gasteiger partial charge in [0.05, 0.1) is 6.26 Å². The Morgan fingerprint density at radius 3 is 2.61 bits per heavy atom. The molecule has 128 valence electrons. The van der Waals surface area contributed by atoms with Crippen LogP contribution in [0.15, 0.2) is 21.7 Å². The summed E-state index contributed by atoms with van der Waals surface area (Å²) in [6.45, 7) is 2.83. The molecule has 1 aliphatic carbocycles. The standard InChI is InChI=1S/C17H28N4O2/c1-13-14(9-10-23-13)12-21(4)17(18-11-16(22)20(2)3)19-15-7-5-6-8-15/h9-10,15H,5-8,11-12H2,1-4H3,(H,18,19). The van der Waals surface area contributed by atoms with Gasteiger partial charge in [-0.15, -0.1) is 0 Å². The summed E-state index contributed by atoms with van der Waals surface area (Å²) in [5, 5.41) is 3.52. The highest BCUT2D eigenvalue weighted by Crippen LogP contribution is 2.18. The van der Waals surface area contributed by atoms with Crippen LogP contribution in [0.25, 0.3) is 0 Å². The first-order valence-corrected chi connectivity index (χ1v) is 8.22. The van der Waals surface area contributed by atoms with Gasteiger partial charge in [-0.25, -0.2) is 4.99 Å². The van der Waals surface area contributed by atoms with E-state index in [4.69, 9.17) is 4.42 Å². The van der Waals surface area contributed by atoms with Crippen molar-refractivity contribution in [2.75, 3.05) is 27.7 Å². The molecular weight excluding hydrogens is 292 g/mol. The largest absolute Gasteiger partial charge is 0.469 e. The van der Waals surface area contributed by atoms with Gasteiger partial charge < -0.3 is 19.5 Å². The average molecular weight is 320 g/mol. The van der Waals surface area contributed by atoms with Crippen molar-refractivity contribution in [1.29, 1.82) is 0 Å². The summed E-state index contributed by atoms with van der Waals surface area (Å²) < 4.78 is 5.36. The number of aryl methyl sites for hydroxylation is 1. The summed E-state index contributed by atoms with van der Waals surface area (Å²) in [5.74, 6) is 1.71. The lowest BCUT2D eigenvalue weighted by Crippen LogP contribution is -2.43. The Balaban J connectivity index is 2.05. The maximum absolute atomic E-state index is 11.8. The smallest absolute Gasteiger partial charge is 0.243 e. The number of guanidine groups is 1. The van der Waals surface area contributed by atoms with Crippen LogP contribution in [0.1, 0.15) is 37.0 Å². The van der Waals surface area contributed by atoms with E-state index in [9.17, 15) is 4.79 Å². The van der Waals surface area contributed by atoms with Crippen molar-refractivity contribution in [2.24, 2.45) is 4.99 Å². The van der Waals surface area contributed by atoms with E-state index in [-0.39, 0.29) is 12.5 Å². The molecule has 0 saturated heterocycles. The van der Waals surface area contributed by atoms with E-state index in [2.05, 4.69) is 15.2 Å². The molecule has 1 heterocycles. The van der Waals surface area contributed by atoms with Crippen LogP contribution in [0.3, 0.4) is 0 Å². The molecule has 6 heteroatoms. The highest BCUT2D eigenvalue weighted by Gasteiger charge is 2.19. The number of hydrogen-bond donors (Lipinski definition) is 1. The molecule has 0 aliphatic heterocycles. The second-order valence-corrected chi connectivity index (χ2v) is 6.41. The molecule has 0 aromatic carbocycles. The molecule has 23 heavy (non-hydrogen) atoms. The first-order chi connectivity index (χ1) is 11.0. The van der Waals surface area contributed by atoms with Crippen LogP contribution in [0, 0.1) is 6.92 Å². The third-order valence-corrected chi connectivity index (χ3v) is 4.29. The lowest BCUT2D eigenvalue weighted by Gasteiger charge is -2.25. The Morgan fingerprint density at radius 2 is 2.04 bits per heavy atom. The van der Waals surface area contributed by atoms with Crippen LogP contribution < -0.4 is 5.32 Å². The van der Waals surface area contributed by atoms with E-state index in [0.717, 1.165) is 17.3 Å². The Hall–Kier alpha value is -1.98. The summed E-state index contributed by atoms with van der Waals surface area (Å²) in [6, 6.07) is 2.43. The van der Waals surface area contributed by atoms with Crippen molar-refractivity contribution < 1.29 is 9.21 Å². The normalized spacial score (nSPS) is 15.7. The number of carbonyl (C=O) groups excluding carboxylic acids is 1. The minimum Gasteiger partial charge on any atom is -0.469 e. The summed E-state index contributed by atoms with van der Waals surface area (Å²) in [4.78, 5) is 20.0. The third kappa shape index (κ3) is 5.01. The second kappa shape index (κ2) is 8.04. The quantitative estimate of drug-likeness (QED) is 0.666. The zero-order valence-corrected chi connectivity index (χ0v) is 14.6. The van der Waals surface area contributed by atoms with Gasteiger partial charge in [0.25, 0.3) is 0 Å². The van der Waals surface area contributed by atoms with Crippen LogP contribution in [0.5, 0.6) is 0 Å². The predicted octanol–water partition coefficient (Wildman–Crippen LogP) is 2.00. The van der Waals surface area contributed by atoms with Crippen LogP contribution in [0.2, 0.25) is 0 Å². The zero-order chi connectivity index (χ0) is 16.8. The third-order valence-electron chi connectivity index (χ3n) is 4.29. The maximum atomic E-state index is 11.8. The molecule has 1 saturated carbocycles. The fourth-order valence-corrected chi connectivity index (χ4v) is 2.72. The van der Waals surface area contributed by atoms with E-state index in [1.54, 1.807) is 25.3 Å². The van der Waals surface area contributed by atoms with Gasteiger partial charge in [0.2, 0.25) is 5.91 Å². The predicted molar refractivity (Wildman–Crippen MR) is 91.3 cm³/mol. The Morgan fingerprint density at radius 1 is 1.35 bits per heavy atom. The summed E-state index contributed by atoms with van der Waals surface area (Å²) in [7, 11) is 5.49. The van der Waals surface area contributed by atoms with Crippen LogP contribution in [0.4, 0.5) is 0 Å². The molecule has 1 N–H and O–H groups in total. The second-order valence-electron chi connectivity index (χ2n) is 6.41. The lowest BCUT2D eigenvalue weighted by molar-refractivity contribution is -0.127. The van der Waals surface area contributed by atoms with Gasteiger partial charge >= 0.3 is 0 Å². The fraction of sp³-hybridized carbons (Fsp3) is 0.647. The number of rotatable bonds is 5. The van der Waals surface area contributed by atoms with E-state index in [0.29, 0.717) is 12.6 Å². The first-order valence-electron chi connectivity index (χ1n) is 8.22. The molecule has 1 amide bonds. The van der Waals surface area contributed by atoms with Crippen molar-refractivity contribution in [2.45, 2.75) is 45.2 Å². The molecule has 1 aliphatic rings. The molecule has 2 rings (SSSR count). The molecule has 1 aromatic rings. The molecule has 0 radical (unpaired) electrons. The van der Waals surface area contributed by atoms with Gasteiger partial charge in [-0.2, -0.15) is 0 Å². The first kappa shape index (κ1) is 17.4. The topological polar surface area (TPSA) is 61.1 Å². The highest BCUT2D eigenvalue weighted by atomic mass is 16.3. The van der Waals surface area contributed by atoms with E-state index in [1.165, 1.54) is 25.7 Å². The zero-order valence-electron chi connectivity index (χ0n) is 14.6. The van der Waals surface area contributed by atoms with Gasteiger partial charge in [-0.1, -0.05) is 12.8 Å². The molecule has 0 atom stereocenters. The summed E-state index contributed by atoms with van der Waals surface area (Å²) >= 11 is 0. The minimum atomic E-state index is 0.00335. The lowest BCUT2D eigenvalue weighted by atomic mass is 10.2. The number of carbonyl (C=O) groups is 1. The van der Waals surface area contributed by atoms with Crippen LogP contribution in [-0.4, -0.2) is 55.4 Å². The monoisotopic (exact) mass is 320 g/mol. The van der Waals surface area contributed by atoms with E-state index < -0.39 is 0 Å². The Labute approximate surface area is 138 Å². The number of amides is 1. The maximum Gasteiger partial charge on any atom is 0.243 e. The summed E-state index contributed by atoms with van der Waals surface area (Å²) in [6.07, 6.45) is 6.55. The molecule has 0 unspecified atom stereocenters. The molecular formula is C17H28N4O2. The van der Waals surface area contributed by atoms with Gasteiger partial charge in [-0.05, 0) is 25.8 Å².